The highest BCUT2D eigenvalue weighted by molar-refractivity contribution is 7.89. The molecule has 0 aliphatic heterocycles. The van der Waals surface area contributed by atoms with E-state index in [9.17, 15) is 16.8 Å². The van der Waals surface area contributed by atoms with Crippen LogP contribution < -0.4 is 4.72 Å². The molecule has 0 fully saturated rings. The molecule has 1 heterocycles. The molecule has 0 aliphatic carbocycles. The number of furan rings is 1. The van der Waals surface area contributed by atoms with E-state index in [1.165, 1.54) is 18.4 Å². The largest absolute Gasteiger partial charge is 0.468 e. The zero-order chi connectivity index (χ0) is 17.8. The average Bonchev–Trinajstić information content (AvgIpc) is 2.98. The molecule has 0 amide bonds. The molecule has 1 aromatic carbocycles. The minimum absolute atomic E-state index is 0.00459. The van der Waals surface area contributed by atoms with E-state index in [2.05, 4.69) is 4.72 Å². The fourth-order valence-electron chi connectivity index (χ4n) is 2.04. The van der Waals surface area contributed by atoms with Gasteiger partial charge in [-0.2, -0.15) is 4.31 Å². The standard InChI is InChI=1S/C15H20N2O5S2/c1-13-5-7-15(8-6-13)24(20,21)16-9-10-17(23(2,18)19)12-14-4-3-11-22-14/h3-8,11,16H,9-10,12H2,1-2H3. The van der Waals surface area contributed by atoms with Crippen LogP contribution >= 0.6 is 0 Å². The van der Waals surface area contributed by atoms with Crippen molar-refractivity contribution in [3.63, 3.8) is 0 Å². The maximum Gasteiger partial charge on any atom is 0.240 e. The van der Waals surface area contributed by atoms with E-state index < -0.39 is 20.0 Å². The molecule has 0 aliphatic rings. The molecule has 0 bridgehead atoms. The maximum atomic E-state index is 12.2. The van der Waals surface area contributed by atoms with Crippen molar-refractivity contribution in [3.05, 3.63) is 54.0 Å². The summed E-state index contributed by atoms with van der Waals surface area (Å²) in [7, 11) is -7.17. The third-order valence-electron chi connectivity index (χ3n) is 3.37. The Balaban J connectivity index is 2.00. The number of benzene rings is 1. The Morgan fingerprint density at radius 3 is 2.29 bits per heavy atom. The van der Waals surface area contributed by atoms with Crippen molar-refractivity contribution in [1.29, 1.82) is 0 Å². The van der Waals surface area contributed by atoms with Crippen molar-refractivity contribution in [2.75, 3.05) is 19.3 Å². The van der Waals surface area contributed by atoms with Gasteiger partial charge in [0.15, 0.2) is 0 Å². The number of hydrogen-bond acceptors (Lipinski definition) is 5. The molecule has 0 spiro atoms. The number of rotatable bonds is 8. The van der Waals surface area contributed by atoms with E-state index in [0.29, 0.717) is 5.76 Å². The van der Waals surface area contributed by atoms with Crippen molar-refractivity contribution in [1.82, 2.24) is 9.03 Å². The van der Waals surface area contributed by atoms with Crippen LogP contribution in [0, 0.1) is 6.92 Å². The highest BCUT2D eigenvalue weighted by atomic mass is 32.2. The summed E-state index contributed by atoms with van der Waals surface area (Å²) < 4.78 is 56.8. The third kappa shape index (κ3) is 5.17. The van der Waals surface area contributed by atoms with Crippen LogP contribution in [0.15, 0.2) is 52.0 Å². The zero-order valence-corrected chi connectivity index (χ0v) is 15.1. The zero-order valence-electron chi connectivity index (χ0n) is 13.5. The first-order valence-corrected chi connectivity index (χ1v) is 10.6. The molecule has 9 heteroatoms. The first kappa shape index (κ1) is 18.7. The quantitative estimate of drug-likeness (QED) is 0.754. The molecule has 2 aromatic rings. The average molecular weight is 372 g/mol. The van der Waals surface area contributed by atoms with Gasteiger partial charge in [-0.15, -0.1) is 0 Å². The lowest BCUT2D eigenvalue weighted by molar-refractivity contribution is 0.368. The topological polar surface area (TPSA) is 96.7 Å². The lowest BCUT2D eigenvalue weighted by atomic mass is 10.2. The van der Waals surface area contributed by atoms with E-state index in [-0.39, 0.29) is 24.5 Å². The van der Waals surface area contributed by atoms with Gasteiger partial charge in [0, 0.05) is 13.1 Å². The molecule has 24 heavy (non-hydrogen) atoms. The number of hydrogen-bond donors (Lipinski definition) is 1. The molecule has 0 saturated heterocycles. The van der Waals surface area contributed by atoms with Crippen molar-refractivity contribution >= 4 is 20.0 Å². The van der Waals surface area contributed by atoms with Crippen LogP contribution in [0.3, 0.4) is 0 Å². The Bertz CT molecular complexity index is 857. The molecule has 0 saturated carbocycles. The lowest BCUT2D eigenvalue weighted by Gasteiger charge is -2.19. The van der Waals surface area contributed by atoms with Crippen molar-refractivity contribution in [3.8, 4) is 0 Å². The van der Waals surface area contributed by atoms with Crippen LogP contribution in [0.4, 0.5) is 0 Å². The Hall–Kier alpha value is -1.68. The van der Waals surface area contributed by atoms with Gasteiger partial charge in [-0.25, -0.2) is 21.6 Å². The smallest absolute Gasteiger partial charge is 0.240 e. The van der Waals surface area contributed by atoms with Gasteiger partial charge in [-0.05, 0) is 31.2 Å². The highest BCUT2D eigenvalue weighted by Crippen LogP contribution is 2.11. The monoisotopic (exact) mass is 372 g/mol. The third-order valence-corrected chi connectivity index (χ3v) is 6.09. The van der Waals surface area contributed by atoms with Crippen LogP contribution in [0.1, 0.15) is 11.3 Å². The summed E-state index contributed by atoms with van der Waals surface area (Å²) in [5.41, 5.74) is 0.954. The Labute approximate surface area is 142 Å². The van der Waals surface area contributed by atoms with Crippen LogP contribution in [0.25, 0.3) is 0 Å². The second-order valence-corrected chi connectivity index (χ2v) is 9.14. The van der Waals surface area contributed by atoms with Crippen molar-refractivity contribution in [2.45, 2.75) is 18.4 Å². The summed E-state index contributed by atoms with van der Waals surface area (Å²) in [4.78, 5) is 0.144. The molecule has 0 radical (unpaired) electrons. The van der Waals surface area contributed by atoms with Gasteiger partial charge in [0.05, 0.1) is 24.0 Å². The number of nitrogens with one attached hydrogen (secondary N) is 1. The highest BCUT2D eigenvalue weighted by Gasteiger charge is 2.20. The Morgan fingerprint density at radius 2 is 1.75 bits per heavy atom. The molecular formula is C15H20N2O5S2. The van der Waals surface area contributed by atoms with Gasteiger partial charge in [-0.1, -0.05) is 17.7 Å². The van der Waals surface area contributed by atoms with Gasteiger partial charge in [-0.3, -0.25) is 0 Å². The SMILES string of the molecule is Cc1ccc(S(=O)(=O)NCCN(Cc2ccco2)S(C)(=O)=O)cc1. The fourth-order valence-corrected chi connectivity index (χ4v) is 3.85. The molecule has 132 valence electrons. The van der Waals surface area contributed by atoms with E-state index in [4.69, 9.17) is 4.42 Å². The first-order chi connectivity index (χ1) is 11.2. The minimum atomic E-state index is -3.68. The molecule has 0 unspecified atom stereocenters. The predicted molar refractivity (Wildman–Crippen MR) is 90.3 cm³/mol. The predicted octanol–water partition coefficient (Wildman–Crippen LogP) is 1.33. The van der Waals surface area contributed by atoms with Crippen molar-refractivity contribution in [2.24, 2.45) is 0 Å². The Morgan fingerprint density at radius 1 is 1.08 bits per heavy atom. The number of nitrogens with zero attached hydrogens (tertiary/aromatic N) is 1. The van der Waals surface area contributed by atoms with E-state index in [1.54, 1.807) is 24.3 Å². The van der Waals surface area contributed by atoms with Crippen LogP contribution in [0.2, 0.25) is 0 Å². The fraction of sp³-hybridized carbons (Fsp3) is 0.333. The van der Waals surface area contributed by atoms with E-state index in [1.807, 2.05) is 6.92 Å². The summed E-state index contributed by atoms with van der Waals surface area (Å²) in [6.45, 7) is 1.88. The summed E-state index contributed by atoms with van der Waals surface area (Å²) in [5.74, 6) is 0.488. The molecule has 1 aromatic heterocycles. The van der Waals surface area contributed by atoms with Gasteiger partial charge in [0.1, 0.15) is 5.76 Å². The summed E-state index contributed by atoms with van der Waals surface area (Å²) in [5, 5.41) is 0. The van der Waals surface area contributed by atoms with Gasteiger partial charge in [0.25, 0.3) is 0 Å². The second kappa shape index (κ2) is 7.47. The first-order valence-electron chi connectivity index (χ1n) is 7.22. The molecule has 7 nitrogen and oxygen atoms in total. The lowest BCUT2D eigenvalue weighted by Crippen LogP contribution is -2.37. The van der Waals surface area contributed by atoms with Crippen LogP contribution in [-0.2, 0) is 26.6 Å². The van der Waals surface area contributed by atoms with Crippen molar-refractivity contribution < 1.29 is 21.3 Å². The normalized spacial score (nSPS) is 12.6. The van der Waals surface area contributed by atoms with Gasteiger partial charge in [0.2, 0.25) is 20.0 Å². The van der Waals surface area contributed by atoms with E-state index >= 15 is 0 Å². The summed E-state index contributed by atoms with van der Waals surface area (Å²) in [6, 6.07) is 9.75. The minimum Gasteiger partial charge on any atom is -0.468 e. The molecule has 1 N–H and O–H groups in total. The maximum absolute atomic E-state index is 12.2. The van der Waals surface area contributed by atoms with Crippen LogP contribution in [-0.4, -0.2) is 40.5 Å². The number of sulfonamides is 2. The van der Waals surface area contributed by atoms with Gasteiger partial charge >= 0.3 is 0 Å². The molecule has 0 atom stereocenters. The molecular weight excluding hydrogens is 352 g/mol. The second-order valence-electron chi connectivity index (χ2n) is 5.39. The van der Waals surface area contributed by atoms with Gasteiger partial charge < -0.3 is 4.42 Å². The summed E-state index contributed by atoms with van der Waals surface area (Å²) in [6.07, 6.45) is 2.53. The summed E-state index contributed by atoms with van der Waals surface area (Å²) >= 11 is 0. The van der Waals surface area contributed by atoms with E-state index in [0.717, 1.165) is 16.1 Å². The Kier molecular flexibility index (Phi) is 5.81. The molecule has 2 rings (SSSR count). The van der Waals surface area contributed by atoms with Crippen LogP contribution in [0.5, 0.6) is 0 Å². The number of aryl methyl sites for hydroxylation is 1.